The number of carbonyl (C=O) groups is 1. The van der Waals surface area contributed by atoms with Gasteiger partial charge in [-0.25, -0.2) is 0 Å². The molecule has 2 fully saturated rings. The molecule has 2 atom stereocenters. The van der Waals surface area contributed by atoms with E-state index in [0.717, 1.165) is 39.4 Å². The number of aromatic nitrogens is 3. The molecule has 7 heteroatoms. The summed E-state index contributed by atoms with van der Waals surface area (Å²) >= 11 is 0. The van der Waals surface area contributed by atoms with Crippen LogP contribution in [0.1, 0.15) is 13.3 Å². The molecule has 1 amide bonds. The van der Waals surface area contributed by atoms with E-state index in [4.69, 9.17) is 4.74 Å². The maximum Gasteiger partial charge on any atom is 0.224 e. The van der Waals surface area contributed by atoms with Crippen LogP contribution in [-0.2, 0) is 16.1 Å². The van der Waals surface area contributed by atoms with Gasteiger partial charge in [0.15, 0.2) is 0 Å². The second-order valence-electron chi connectivity index (χ2n) is 5.91. The first kappa shape index (κ1) is 14.5. The van der Waals surface area contributed by atoms with E-state index >= 15 is 0 Å². The van der Waals surface area contributed by atoms with Gasteiger partial charge in [0.05, 0.1) is 26.0 Å². The van der Waals surface area contributed by atoms with Gasteiger partial charge in [-0.05, 0) is 5.92 Å². The van der Waals surface area contributed by atoms with Gasteiger partial charge >= 0.3 is 0 Å². The van der Waals surface area contributed by atoms with Crippen LogP contribution < -0.4 is 0 Å². The fraction of sp³-hybridized carbons (Fsp3) is 0.786. The van der Waals surface area contributed by atoms with Crippen LogP contribution in [0.25, 0.3) is 0 Å². The van der Waals surface area contributed by atoms with E-state index in [1.54, 1.807) is 17.1 Å². The standard InChI is InChI=1S/C14H23N5O2/c1-12-10-18(11-13(12)17-6-8-21-9-7-17)14(20)2-4-19-5-3-15-16-19/h3,5,12-13H,2,4,6-11H2,1H3. The summed E-state index contributed by atoms with van der Waals surface area (Å²) in [5.41, 5.74) is 0. The lowest BCUT2D eigenvalue weighted by molar-refractivity contribution is -0.130. The maximum absolute atomic E-state index is 12.3. The van der Waals surface area contributed by atoms with E-state index < -0.39 is 0 Å². The van der Waals surface area contributed by atoms with Crippen LogP contribution >= 0.6 is 0 Å². The summed E-state index contributed by atoms with van der Waals surface area (Å²) in [7, 11) is 0. The lowest BCUT2D eigenvalue weighted by Gasteiger charge is -2.34. The fourth-order valence-corrected chi connectivity index (χ4v) is 3.26. The monoisotopic (exact) mass is 293 g/mol. The first-order valence-electron chi connectivity index (χ1n) is 7.67. The van der Waals surface area contributed by atoms with Gasteiger partial charge in [-0.1, -0.05) is 12.1 Å². The van der Waals surface area contributed by atoms with E-state index in [0.29, 0.717) is 24.9 Å². The Hall–Kier alpha value is -1.47. The van der Waals surface area contributed by atoms with Gasteiger partial charge in [0.25, 0.3) is 0 Å². The zero-order valence-electron chi connectivity index (χ0n) is 12.5. The molecule has 1 aromatic rings. The van der Waals surface area contributed by atoms with Gasteiger partial charge in [-0.3, -0.25) is 14.4 Å². The molecule has 0 N–H and O–H groups in total. The van der Waals surface area contributed by atoms with Gasteiger partial charge in [-0.2, -0.15) is 0 Å². The number of morpholine rings is 1. The molecule has 0 bridgehead atoms. The third-order valence-corrected chi connectivity index (χ3v) is 4.47. The summed E-state index contributed by atoms with van der Waals surface area (Å²) in [6.45, 7) is 8.13. The van der Waals surface area contributed by atoms with Gasteiger partial charge in [0.1, 0.15) is 0 Å². The van der Waals surface area contributed by atoms with Crippen molar-refractivity contribution in [2.75, 3.05) is 39.4 Å². The largest absolute Gasteiger partial charge is 0.379 e. The number of amides is 1. The molecule has 2 saturated heterocycles. The van der Waals surface area contributed by atoms with Crippen LogP contribution in [0, 0.1) is 5.92 Å². The zero-order valence-corrected chi connectivity index (χ0v) is 12.5. The summed E-state index contributed by atoms with van der Waals surface area (Å²) in [5.74, 6) is 0.742. The average molecular weight is 293 g/mol. The van der Waals surface area contributed by atoms with Gasteiger partial charge < -0.3 is 9.64 Å². The predicted octanol–water partition coefficient (Wildman–Crippen LogP) is -0.153. The molecule has 2 aliphatic heterocycles. The summed E-state index contributed by atoms with van der Waals surface area (Å²) in [6.07, 6.45) is 3.92. The number of ether oxygens (including phenoxy) is 1. The molecule has 116 valence electrons. The summed E-state index contributed by atoms with van der Waals surface area (Å²) in [5, 5.41) is 7.64. The minimum atomic E-state index is 0.216. The van der Waals surface area contributed by atoms with Gasteiger partial charge in [0, 0.05) is 44.8 Å². The Labute approximate surface area is 124 Å². The molecule has 0 aliphatic carbocycles. The van der Waals surface area contributed by atoms with E-state index in [1.807, 2.05) is 4.90 Å². The van der Waals surface area contributed by atoms with E-state index in [9.17, 15) is 4.79 Å². The Bertz CT molecular complexity index is 458. The van der Waals surface area contributed by atoms with Crippen LogP contribution in [0.15, 0.2) is 12.4 Å². The molecule has 2 unspecified atom stereocenters. The van der Waals surface area contributed by atoms with Crippen molar-refractivity contribution in [3.63, 3.8) is 0 Å². The second kappa shape index (κ2) is 6.53. The SMILES string of the molecule is CC1CN(C(=O)CCn2ccnn2)CC1N1CCOCC1. The molecule has 7 nitrogen and oxygen atoms in total. The molecule has 0 aromatic carbocycles. The summed E-state index contributed by atoms with van der Waals surface area (Å²) < 4.78 is 7.12. The van der Waals surface area contributed by atoms with E-state index in [1.165, 1.54) is 0 Å². The highest BCUT2D eigenvalue weighted by Crippen LogP contribution is 2.23. The Morgan fingerprint density at radius 2 is 2.14 bits per heavy atom. The van der Waals surface area contributed by atoms with Gasteiger partial charge in [-0.15, -0.1) is 5.10 Å². The van der Waals surface area contributed by atoms with Crippen LogP contribution in [-0.4, -0.2) is 76.1 Å². The molecule has 0 spiro atoms. The van der Waals surface area contributed by atoms with Crippen molar-refractivity contribution >= 4 is 5.91 Å². The smallest absolute Gasteiger partial charge is 0.224 e. The average Bonchev–Trinajstić information content (AvgIpc) is 3.15. The number of carbonyl (C=O) groups excluding carboxylic acids is 1. The Morgan fingerprint density at radius 3 is 2.86 bits per heavy atom. The molecule has 0 saturated carbocycles. The normalized spacial score (nSPS) is 27.2. The number of aryl methyl sites for hydroxylation is 1. The Kier molecular flexibility index (Phi) is 4.50. The molecule has 2 aliphatic rings. The number of rotatable bonds is 4. The molecule has 21 heavy (non-hydrogen) atoms. The zero-order chi connectivity index (χ0) is 14.7. The summed E-state index contributed by atoms with van der Waals surface area (Å²) in [6, 6.07) is 0.476. The maximum atomic E-state index is 12.3. The highest BCUT2D eigenvalue weighted by atomic mass is 16.5. The van der Waals surface area contributed by atoms with Crippen molar-refractivity contribution in [1.29, 1.82) is 0 Å². The minimum Gasteiger partial charge on any atom is -0.379 e. The molecular formula is C14H23N5O2. The number of hydrogen-bond donors (Lipinski definition) is 0. The number of nitrogens with zero attached hydrogens (tertiary/aromatic N) is 5. The van der Waals surface area contributed by atoms with Crippen molar-refractivity contribution in [1.82, 2.24) is 24.8 Å². The highest BCUT2D eigenvalue weighted by Gasteiger charge is 2.36. The highest BCUT2D eigenvalue weighted by molar-refractivity contribution is 5.76. The van der Waals surface area contributed by atoms with Crippen molar-refractivity contribution in [3.8, 4) is 0 Å². The van der Waals surface area contributed by atoms with Crippen molar-refractivity contribution in [2.24, 2.45) is 5.92 Å². The van der Waals surface area contributed by atoms with Crippen molar-refractivity contribution < 1.29 is 9.53 Å². The molecule has 0 radical (unpaired) electrons. The van der Waals surface area contributed by atoms with Crippen LogP contribution in [0.4, 0.5) is 0 Å². The lowest BCUT2D eigenvalue weighted by Crippen LogP contribution is -2.47. The second-order valence-corrected chi connectivity index (χ2v) is 5.91. The molecule has 3 rings (SSSR count). The topological polar surface area (TPSA) is 63.5 Å². The molecular weight excluding hydrogens is 270 g/mol. The van der Waals surface area contributed by atoms with Crippen LogP contribution in [0.2, 0.25) is 0 Å². The van der Waals surface area contributed by atoms with E-state index in [-0.39, 0.29) is 5.91 Å². The predicted molar refractivity (Wildman–Crippen MR) is 76.6 cm³/mol. The first-order valence-corrected chi connectivity index (χ1v) is 7.67. The third-order valence-electron chi connectivity index (χ3n) is 4.47. The summed E-state index contributed by atoms with van der Waals surface area (Å²) in [4.78, 5) is 16.8. The number of likely N-dealkylation sites (tertiary alicyclic amines) is 1. The lowest BCUT2D eigenvalue weighted by atomic mass is 10.0. The van der Waals surface area contributed by atoms with Crippen molar-refractivity contribution in [3.05, 3.63) is 12.4 Å². The molecule has 3 heterocycles. The minimum absolute atomic E-state index is 0.216. The van der Waals surface area contributed by atoms with Gasteiger partial charge in [0.2, 0.25) is 5.91 Å². The van der Waals surface area contributed by atoms with Crippen LogP contribution in [0.3, 0.4) is 0 Å². The Balaban J connectivity index is 1.51. The molecule has 1 aromatic heterocycles. The number of hydrogen-bond acceptors (Lipinski definition) is 5. The fourth-order valence-electron chi connectivity index (χ4n) is 3.26. The quantitative estimate of drug-likeness (QED) is 0.772. The van der Waals surface area contributed by atoms with Crippen LogP contribution in [0.5, 0.6) is 0 Å². The van der Waals surface area contributed by atoms with E-state index in [2.05, 4.69) is 22.1 Å². The Morgan fingerprint density at radius 1 is 1.33 bits per heavy atom. The first-order chi connectivity index (χ1) is 10.2. The third kappa shape index (κ3) is 3.41. The van der Waals surface area contributed by atoms with Crippen molar-refractivity contribution in [2.45, 2.75) is 25.9 Å².